The maximum atomic E-state index is 2.39. The van der Waals surface area contributed by atoms with Crippen molar-refractivity contribution >= 4 is 55.9 Å². The number of nitrogens with zero attached hydrogens (tertiary/aromatic N) is 3. The summed E-state index contributed by atoms with van der Waals surface area (Å²) in [5.41, 5.74) is 17.1. The van der Waals surface area contributed by atoms with Gasteiger partial charge in [0, 0.05) is 50.6 Å². The van der Waals surface area contributed by atoms with Crippen LogP contribution in [0.4, 0.5) is 34.1 Å². The first-order valence-corrected chi connectivity index (χ1v) is 21.5. The van der Waals surface area contributed by atoms with Gasteiger partial charge in [0.05, 0.1) is 11.0 Å². The molecule has 0 fully saturated rings. The lowest BCUT2D eigenvalue weighted by molar-refractivity contribution is 1.18. The predicted octanol–water partition coefficient (Wildman–Crippen LogP) is 16.7. The summed E-state index contributed by atoms with van der Waals surface area (Å²) in [7, 11) is 0. The topological polar surface area (TPSA) is 11.4 Å². The highest BCUT2D eigenvalue weighted by Gasteiger charge is 2.20. The van der Waals surface area contributed by atoms with Crippen molar-refractivity contribution in [3.05, 3.63) is 261 Å². The van der Waals surface area contributed by atoms with Gasteiger partial charge in [0.1, 0.15) is 0 Å². The van der Waals surface area contributed by atoms with Gasteiger partial charge >= 0.3 is 0 Å². The van der Waals surface area contributed by atoms with Gasteiger partial charge in [-0.05, 0) is 130 Å². The van der Waals surface area contributed by atoms with Crippen molar-refractivity contribution in [2.75, 3.05) is 9.80 Å². The summed E-state index contributed by atoms with van der Waals surface area (Å²) in [4.78, 5) is 4.69. The maximum absolute atomic E-state index is 2.39. The molecule has 0 spiro atoms. The predicted molar refractivity (Wildman–Crippen MR) is 266 cm³/mol. The highest BCUT2D eigenvalue weighted by molar-refractivity contribution is 6.10. The molecule has 1 aromatic heterocycles. The zero-order chi connectivity index (χ0) is 42.0. The summed E-state index contributed by atoms with van der Waals surface area (Å²) in [5.74, 6) is 0. The highest BCUT2D eigenvalue weighted by Crippen LogP contribution is 2.43. The van der Waals surface area contributed by atoms with Crippen LogP contribution >= 0.6 is 0 Å². The molecule has 0 aliphatic carbocycles. The van der Waals surface area contributed by atoms with Crippen LogP contribution in [0.5, 0.6) is 0 Å². The first-order valence-electron chi connectivity index (χ1n) is 21.5. The molecule has 11 aromatic rings. The fraction of sp³-hybridized carbons (Fsp3) is 0. The van der Waals surface area contributed by atoms with Crippen LogP contribution in [0.1, 0.15) is 0 Å². The lowest BCUT2D eigenvalue weighted by atomic mass is 9.98. The van der Waals surface area contributed by atoms with Crippen molar-refractivity contribution in [1.82, 2.24) is 4.57 Å². The molecule has 10 aromatic carbocycles. The van der Waals surface area contributed by atoms with E-state index in [0.29, 0.717) is 0 Å². The van der Waals surface area contributed by atoms with Gasteiger partial charge in [0.25, 0.3) is 0 Å². The van der Waals surface area contributed by atoms with Crippen molar-refractivity contribution < 1.29 is 0 Å². The third-order valence-electron chi connectivity index (χ3n) is 11.9. The normalized spacial score (nSPS) is 11.2. The van der Waals surface area contributed by atoms with Gasteiger partial charge in [0.15, 0.2) is 0 Å². The van der Waals surface area contributed by atoms with Crippen LogP contribution < -0.4 is 9.80 Å². The third kappa shape index (κ3) is 7.32. The highest BCUT2D eigenvalue weighted by atomic mass is 15.2. The second-order valence-corrected chi connectivity index (χ2v) is 15.8. The Morgan fingerprint density at radius 3 is 1.10 bits per heavy atom. The van der Waals surface area contributed by atoms with E-state index in [1.54, 1.807) is 0 Å². The van der Waals surface area contributed by atoms with E-state index < -0.39 is 0 Å². The second-order valence-electron chi connectivity index (χ2n) is 15.8. The minimum Gasteiger partial charge on any atom is -0.310 e. The Morgan fingerprint density at radius 2 is 0.587 bits per heavy atom. The molecule has 0 saturated carbocycles. The smallest absolute Gasteiger partial charge is 0.0541 e. The Labute approximate surface area is 368 Å². The largest absolute Gasteiger partial charge is 0.310 e. The monoisotopic (exact) mass is 805 g/mol. The van der Waals surface area contributed by atoms with Crippen molar-refractivity contribution in [3.63, 3.8) is 0 Å². The summed E-state index contributed by atoms with van der Waals surface area (Å²) in [6.07, 6.45) is 0. The van der Waals surface area contributed by atoms with Gasteiger partial charge in [-0.2, -0.15) is 0 Å². The SMILES string of the molecule is c1ccc(-c2ccc(-n3c4ccccc4c4cc(-c5ccc(-c6cc(N(c7ccccc7)c7ccccc7)cc(N(c7ccccc7)c7ccccc7)c6)cc5)ccc43)cc2)cc1. The molecule has 0 radical (unpaired) electrons. The first kappa shape index (κ1) is 37.6. The van der Waals surface area contributed by atoms with E-state index >= 15 is 0 Å². The summed E-state index contributed by atoms with van der Waals surface area (Å²) in [6.45, 7) is 0. The number of aromatic nitrogens is 1. The molecule has 0 N–H and O–H groups in total. The summed E-state index contributed by atoms with van der Waals surface area (Å²) in [5, 5.41) is 2.48. The van der Waals surface area contributed by atoms with Crippen LogP contribution in [-0.2, 0) is 0 Å². The molecule has 0 amide bonds. The van der Waals surface area contributed by atoms with E-state index in [1.165, 1.54) is 44.1 Å². The van der Waals surface area contributed by atoms with Crippen LogP contribution in [0.2, 0.25) is 0 Å². The minimum absolute atomic E-state index is 1.07. The Kier molecular flexibility index (Phi) is 9.89. The van der Waals surface area contributed by atoms with Crippen molar-refractivity contribution in [3.8, 4) is 39.1 Å². The molecule has 0 aliphatic heterocycles. The number of hydrogen-bond donors (Lipinski definition) is 0. The lowest BCUT2D eigenvalue weighted by Gasteiger charge is -2.30. The van der Waals surface area contributed by atoms with Gasteiger partial charge in [-0.1, -0.05) is 164 Å². The Balaban J connectivity index is 1.01. The molecule has 298 valence electrons. The molecule has 3 heteroatoms. The quantitative estimate of drug-likeness (QED) is 0.136. The number of hydrogen-bond acceptors (Lipinski definition) is 2. The zero-order valence-corrected chi connectivity index (χ0v) is 34.7. The molecule has 0 bridgehead atoms. The average molecular weight is 806 g/mol. The first-order chi connectivity index (χ1) is 31.2. The van der Waals surface area contributed by atoms with E-state index in [9.17, 15) is 0 Å². The molecule has 11 rings (SSSR count). The molecule has 0 saturated heterocycles. The van der Waals surface area contributed by atoms with Gasteiger partial charge < -0.3 is 14.4 Å². The van der Waals surface area contributed by atoms with E-state index in [2.05, 4.69) is 275 Å². The number of para-hydroxylation sites is 5. The fourth-order valence-corrected chi connectivity index (χ4v) is 8.94. The zero-order valence-electron chi connectivity index (χ0n) is 34.7. The molecule has 3 nitrogen and oxygen atoms in total. The van der Waals surface area contributed by atoms with Crippen LogP contribution in [0.25, 0.3) is 60.9 Å². The average Bonchev–Trinajstić information content (AvgIpc) is 3.69. The number of fused-ring (bicyclic) bond motifs is 3. The van der Waals surface area contributed by atoms with Crippen LogP contribution in [-0.4, -0.2) is 4.57 Å². The lowest BCUT2D eigenvalue weighted by Crippen LogP contribution is -2.13. The Hall–Kier alpha value is -8.40. The van der Waals surface area contributed by atoms with Crippen molar-refractivity contribution in [1.29, 1.82) is 0 Å². The molecule has 0 aliphatic rings. The van der Waals surface area contributed by atoms with Crippen LogP contribution in [0.15, 0.2) is 261 Å². The van der Waals surface area contributed by atoms with E-state index in [4.69, 9.17) is 0 Å². The Morgan fingerprint density at radius 1 is 0.222 bits per heavy atom. The van der Waals surface area contributed by atoms with Gasteiger partial charge in [-0.3, -0.25) is 0 Å². The van der Waals surface area contributed by atoms with E-state index in [0.717, 1.165) is 50.9 Å². The Bertz CT molecular complexity index is 3110. The third-order valence-corrected chi connectivity index (χ3v) is 11.9. The summed E-state index contributed by atoms with van der Waals surface area (Å²) in [6, 6.07) is 93.7. The van der Waals surface area contributed by atoms with Gasteiger partial charge in [-0.15, -0.1) is 0 Å². The summed E-state index contributed by atoms with van der Waals surface area (Å²) < 4.78 is 2.39. The molecule has 1 heterocycles. The number of anilines is 6. The molecular formula is C60H43N3. The van der Waals surface area contributed by atoms with Crippen molar-refractivity contribution in [2.45, 2.75) is 0 Å². The van der Waals surface area contributed by atoms with Gasteiger partial charge in [0.2, 0.25) is 0 Å². The van der Waals surface area contributed by atoms with Gasteiger partial charge in [-0.25, -0.2) is 0 Å². The minimum atomic E-state index is 1.07. The number of benzene rings is 10. The maximum Gasteiger partial charge on any atom is 0.0541 e. The fourth-order valence-electron chi connectivity index (χ4n) is 8.94. The van der Waals surface area contributed by atoms with Crippen molar-refractivity contribution in [2.24, 2.45) is 0 Å². The molecule has 0 atom stereocenters. The van der Waals surface area contributed by atoms with E-state index in [-0.39, 0.29) is 0 Å². The standard InChI is InChI=1S/C60H43N3/c1-6-18-44(19-7-1)45-34-37-54(38-35-45)63-59-29-17-16-28-57(59)58-42-48(36-39-60(58)63)46-30-32-47(33-31-46)49-40-55(61(50-20-8-2-9-21-50)51-22-10-3-11-23-51)43-56(41-49)62(52-24-12-4-13-25-52)53-26-14-5-15-27-53/h1-43H. The van der Waals surface area contributed by atoms with Crippen LogP contribution in [0.3, 0.4) is 0 Å². The molecular weight excluding hydrogens is 763 g/mol. The summed E-state index contributed by atoms with van der Waals surface area (Å²) >= 11 is 0. The van der Waals surface area contributed by atoms with Crippen LogP contribution in [0, 0.1) is 0 Å². The molecule has 0 unspecified atom stereocenters. The van der Waals surface area contributed by atoms with E-state index in [1.807, 2.05) is 0 Å². The molecule has 63 heavy (non-hydrogen) atoms. The second kappa shape index (κ2) is 16.6. The number of rotatable bonds is 10.